The molecule has 3 aromatic rings. The standard InChI is InChI=1S/C26H32N4O3/c1-24(2,31)23-28-22(29-33-23)19-12-21(14-27-13-19)26(32,25(3)15-30(4)16-25)20-10-8-18(9-11-20)17-6-5-7-17/h8-14,17,31-32H,5-7,15-16H2,1-4H3/t26-/m0/s1. The summed E-state index contributed by atoms with van der Waals surface area (Å²) in [5, 5.41) is 26.6. The highest BCUT2D eigenvalue weighted by Crippen LogP contribution is 2.50. The number of benzene rings is 1. The molecule has 0 unspecified atom stereocenters. The van der Waals surface area contributed by atoms with Gasteiger partial charge in [-0.3, -0.25) is 4.98 Å². The lowest BCUT2D eigenvalue weighted by molar-refractivity contribution is -0.127. The van der Waals surface area contributed by atoms with Gasteiger partial charge < -0.3 is 19.6 Å². The molecule has 1 aliphatic heterocycles. The number of likely N-dealkylation sites (tertiary alicyclic amines) is 1. The summed E-state index contributed by atoms with van der Waals surface area (Å²) in [5.41, 5.74) is 0.697. The Morgan fingerprint density at radius 3 is 2.30 bits per heavy atom. The van der Waals surface area contributed by atoms with E-state index in [0.717, 1.165) is 18.7 Å². The molecule has 1 saturated heterocycles. The van der Waals surface area contributed by atoms with Crippen LogP contribution in [0.5, 0.6) is 0 Å². The number of hydrogen-bond acceptors (Lipinski definition) is 7. The number of hydrogen-bond donors (Lipinski definition) is 2. The van der Waals surface area contributed by atoms with Gasteiger partial charge in [0.15, 0.2) is 0 Å². The molecule has 174 valence electrons. The first-order chi connectivity index (χ1) is 15.6. The minimum Gasteiger partial charge on any atom is -0.381 e. The first kappa shape index (κ1) is 22.2. The number of pyridine rings is 1. The molecule has 0 bridgehead atoms. The maximum Gasteiger partial charge on any atom is 0.258 e. The van der Waals surface area contributed by atoms with Crippen LogP contribution < -0.4 is 0 Å². The Labute approximate surface area is 194 Å². The number of aromatic nitrogens is 3. The lowest BCUT2D eigenvalue weighted by Gasteiger charge is -2.55. The highest BCUT2D eigenvalue weighted by molar-refractivity contribution is 5.56. The van der Waals surface area contributed by atoms with E-state index in [1.54, 1.807) is 26.2 Å². The smallest absolute Gasteiger partial charge is 0.258 e. The molecule has 2 aromatic heterocycles. The highest BCUT2D eigenvalue weighted by Gasteiger charge is 2.55. The van der Waals surface area contributed by atoms with Gasteiger partial charge in [0.25, 0.3) is 5.89 Å². The van der Waals surface area contributed by atoms with Crippen LogP contribution in [0, 0.1) is 5.41 Å². The summed E-state index contributed by atoms with van der Waals surface area (Å²) in [4.78, 5) is 11.0. The monoisotopic (exact) mass is 448 g/mol. The molecule has 7 nitrogen and oxygen atoms in total. The number of rotatable bonds is 6. The normalized spacial score (nSPS) is 20.7. The predicted octanol–water partition coefficient (Wildman–Crippen LogP) is 3.81. The molecular formula is C26H32N4O3. The van der Waals surface area contributed by atoms with Crippen LogP contribution in [0.3, 0.4) is 0 Å². The molecule has 5 rings (SSSR count). The summed E-state index contributed by atoms with van der Waals surface area (Å²) in [5.74, 6) is 1.11. The molecule has 3 heterocycles. The summed E-state index contributed by atoms with van der Waals surface area (Å²) < 4.78 is 5.25. The van der Waals surface area contributed by atoms with E-state index in [0.29, 0.717) is 22.9 Å². The third-order valence-corrected chi connectivity index (χ3v) is 7.38. The van der Waals surface area contributed by atoms with Gasteiger partial charge in [-0.25, -0.2) is 0 Å². The summed E-state index contributed by atoms with van der Waals surface area (Å²) in [6.07, 6.45) is 7.16. The fourth-order valence-electron chi connectivity index (χ4n) is 5.32. The SMILES string of the molecule is CN1CC(C)([C@](O)(c2ccc(C3CCC3)cc2)c2cncc(-c3noc(C(C)(C)O)n3)c2)C1. The van der Waals surface area contributed by atoms with Crippen molar-refractivity contribution in [1.82, 2.24) is 20.0 Å². The maximum absolute atomic E-state index is 12.4. The summed E-state index contributed by atoms with van der Waals surface area (Å²) in [7, 11) is 2.06. The summed E-state index contributed by atoms with van der Waals surface area (Å²) >= 11 is 0. The van der Waals surface area contributed by atoms with Crippen molar-refractivity contribution in [3.63, 3.8) is 0 Å². The highest BCUT2D eigenvalue weighted by atomic mass is 16.5. The van der Waals surface area contributed by atoms with Crippen LogP contribution in [0.1, 0.15) is 68.5 Å². The molecule has 1 atom stereocenters. The second-order valence-electron chi connectivity index (χ2n) is 10.6. The van der Waals surface area contributed by atoms with E-state index in [2.05, 4.69) is 58.3 Å². The molecule has 0 radical (unpaired) electrons. The Morgan fingerprint density at radius 1 is 1.06 bits per heavy atom. The third-order valence-electron chi connectivity index (χ3n) is 7.38. The minimum absolute atomic E-state index is 0.136. The van der Waals surface area contributed by atoms with Crippen LogP contribution in [-0.4, -0.2) is 50.4 Å². The average Bonchev–Trinajstić information content (AvgIpc) is 3.22. The Balaban J connectivity index is 1.56. The Hall–Kier alpha value is -2.61. The quantitative estimate of drug-likeness (QED) is 0.592. The van der Waals surface area contributed by atoms with Crippen molar-refractivity contribution in [3.8, 4) is 11.4 Å². The molecular weight excluding hydrogens is 416 g/mol. The van der Waals surface area contributed by atoms with Crippen molar-refractivity contribution < 1.29 is 14.7 Å². The van der Waals surface area contributed by atoms with Crippen molar-refractivity contribution in [2.24, 2.45) is 5.41 Å². The van der Waals surface area contributed by atoms with E-state index in [1.165, 1.54) is 24.8 Å². The second-order valence-corrected chi connectivity index (χ2v) is 10.6. The van der Waals surface area contributed by atoms with E-state index in [-0.39, 0.29) is 11.3 Å². The molecule has 2 N–H and O–H groups in total. The molecule has 33 heavy (non-hydrogen) atoms. The van der Waals surface area contributed by atoms with E-state index in [4.69, 9.17) is 4.52 Å². The van der Waals surface area contributed by atoms with Gasteiger partial charge in [-0.15, -0.1) is 0 Å². The Bertz CT molecular complexity index is 1140. The fraction of sp³-hybridized carbons (Fsp3) is 0.500. The summed E-state index contributed by atoms with van der Waals surface area (Å²) in [6.45, 7) is 6.85. The second kappa shape index (κ2) is 7.72. The molecule has 1 saturated carbocycles. The van der Waals surface area contributed by atoms with E-state index < -0.39 is 11.2 Å². The van der Waals surface area contributed by atoms with Crippen LogP contribution in [0.15, 0.2) is 47.2 Å². The average molecular weight is 449 g/mol. The first-order valence-electron chi connectivity index (χ1n) is 11.6. The molecule has 7 heteroatoms. The molecule has 2 fully saturated rings. The number of aliphatic hydroxyl groups is 2. The Morgan fingerprint density at radius 2 is 1.76 bits per heavy atom. The largest absolute Gasteiger partial charge is 0.381 e. The Kier molecular flexibility index (Phi) is 5.19. The summed E-state index contributed by atoms with van der Waals surface area (Å²) in [6, 6.07) is 10.4. The van der Waals surface area contributed by atoms with Crippen molar-refractivity contribution in [3.05, 3.63) is 65.3 Å². The van der Waals surface area contributed by atoms with E-state index in [1.807, 2.05) is 6.07 Å². The zero-order valence-electron chi connectivity index (χ0n) is 19.7. The van der Waals surface area contributed by atoms with Gasteiger partial charge in [0.1, 0.15) is 11.2 Å². The van der Waals surface area contributed by atoms with Crippen LogP contribution in [0.4, 0.5) is 0 Å². The van der Waals surface area contributed by atoms with Crippen molar-refractivity contribution in [2.75, 3.05) is 20.1 Å². The zero-order valence-corrected chi connectivity index (χ0v) is 19.7. The number of nitrogens with zero attached hydrogens (tertiary/aromatic N) is 4. The maximum atomic E-state index is 12.4. The minimum atomic E-state index is -1.23. The molecule has 1 aliphatic carbocycles. The zero-order chi connectivity index (χ0) is 23.4. The molecule has 0 amide bonds. The fourth-order valence-corrected chi connectivity index (χ4v) is 5.32. The van der Waals surface area contributed by atoms with E-state index >= 15 is 0 Å². The molecule has 0 spiro atoms. The van der Waals surface area contributed by atoms with Gasteiger partial charge in [0.2, 0.25) is 5.82 Å². The van der Waals surface area contributed by atoms with Crippen LogP contribution in [-0.2, 0) is 11.2 Å². The lowest BCUT2D eigenvalue weighted by atomic mass is 9.62. The van der Waals surface area contributed by atoms with Gasteiger partial charge in [-0.1, -0.05) is 42.8 Å². The first-order valence-corrected chi connectivity index (χ1v) is 11.6. The van der Waals surface area contributed by atoms with E-state index in [9.17, 15) is 10.2 Å². The van der Waals surface area contributed by atoms with Crippen LogP contribution in [0.25, 0.3) is 11.4 Å². The van der Waals surface area contributed by atoms with Crippen LogP contribution in [0.2, 0.25) is 0 Å². The molecule has 1 aromatic carbocycles. The van der Waals surface area contributed by atoms with Crippen molar-refractivity contribution in [2.45, 2.75) is 57.2 Å². The van der Waals surface area contributed by atoms with Gasteiger partial charge in [-0.05, 0) is 56.8 Å². The van der Waals surface area contributed by atoms with Gasteiger partial charge in [0.05, 0.1) is 0 Å². The lowest BCUT2D eigenvalue weighted by Crippen LogP contribution is -2.63. The third kappa shape index (κ3) is 3.68. The van der Waals surface area contributed by atoms with Gasteiger partial charge in [0, 0.05) is 42.0 Å². The van der Waals surface area contributed by atoms with Crippen molar-refractivity contribution in [1.29, 1.82) is 0 Å². The van der Waals surface area contributed by atoms with Gasteiger partial charge >= 0.3 is 0 Å². The van der Waals surface area contributed by atoms with Gasteiger partial charge in [-0.2, -0.15) is 4.98 Å². The molecule has 2 aliphatic rings. The van der Waals surface area contributed by atoms with Crippen LogP contribution >= 0.6 is 0 Å². The predicted molar refractivity (Wildman–Crippen MR) is 124 cm³/mol. The topological polar surface area (TPSA) is 95.5 Å². The van der Waals surface area contributed by atoms with Crippen molar-refractivity contribution >= 4 is 0 Å².